The zero-order valence-corrected chi connectivity index (χ0v) is 13.4. The van der Waals surface area contributed by atoms with Gasteiger partial charge in [0.05, 0.1) is 12.8 Å². The Labute approximate surface area is 136 Å². The average molecular weight is 308 g/mol. The number of anilines is 2. The molecule has 0 amide bonds. The van der Waals surface area contributed by atoms with Crippen molar-refractivity contribution in [1.82, 2.24) is 9.97 Å². The molecular formula is C18H20N4O. The second kappa shape index (κ2) is 6.96. The van der Waals surface area contributed by atoms with E-state index in [0.717, 1.165) is 29.8 Å². The monoisotopic (exact) mass is 308 g/mol. The van der Waals surface area contributed by atoms with E-state index in [1.165, 1.54) is 5.56 Å². The normalized spacial score (nSPS) is 10.5. The Morgan fingerprint density at radius 1 is 1.09 bits per heavy atom. The lowest BCUT2D eigenvalue weighted by molar-refractivity contribution is 0.517. The van der Waals surface area contributed by atoms with E-state index in [0.29, 0.717) is 6.54 Å². The molecule has 118 valence electrons. The van der Waals surface area contributed by atoms with Crippen LogP contribution in [0.5, 0.6) is 0 Å². The summed E-state index contributed by atoms with van der Waals surface area (Å²) in [5.74, 6) is 3.30. The quantitative estimate of drug-likeness (QED) is 0.753. The van der Waals surface area contributed by atoms with E-state index >= 15 is 0 Å². The summed E-state index contributed by atoms with van der Waals surface area (Å²) >= 11 is 0. The number of benzene rings is 1. The van der Waals surface area contributed by atoms with Crippen molar-refractivity contribution >= 4 is 11.6 Å². The summed E-state index contributed by atoms with van der Waals surface area (Å²) in [6.45, 7) is 3.30. The molecule has 0 fully saturated rings. The fourth-order valence-electron chi connectivity index (χ4n) is 2.37. The summed E-state index contributed by atoms with van der Waals surface area (Å²) in [5.41, 5.74) is 1.25. The zero-order chi connectivity index (χ0) is 16.1. The van der Waals surface area contributed by atoms with Crippen molar-refractivity contribution < 1.29 is 4.42 Å². The van der Waals surface area contributed by atoms with Gasteiger partial charge in [-0.1, -0.05) is 30.3 Å². The van der Waals surface area contributed by atoms with Gasteiger partial charge in [-0.05, 0) is 24.6 Å². The highest BCUT2D eigenvalue weighted by Crippen LogP contribution is 2.17. The van der Waals surface area contributed by atoms with Crippen LogP contribution in [-0.4, -0.2) is 17.0 Å². The van der Waals surface area contributed by atoms with Crippen LogP contribution in [0.2, 0.25) is 0 Å². The van der Waals surface area contributed by atoms with Gasteiger partial charge in [0.2, 0.25) is 0 Å². The SMILES string of the molecule is Cc1nc(NCc2ccco2)cc(N(C)Cc2ccccc2)n1. The van der Waals surface area contributed by atoms with E-state index in [2.05, 4.69) is 32.3 Å². The first-order valence-electron chi connectivity index (χ1n) is 7.58. The first-order chi connectivity index (χ1) is 11.2. The van der Waals surface area contributed by atoms with E-state index < -0.39 is 0 Å². The molecule has 3 rings (SSSR count). The van der Waals surface area contributed by atoms with Gasteiger partial charge in [-0.3, -0.25) is 0 Å². The van der Waals surface area contributed by atoms with Crippen molar-refractivity contribution in [2.75, 3.05) is 17.3 Å². The van der Waals surface area contributed by atoms with Crippen molar-refractivity contribution in [2.24, 2.45) is 0 Å². The maximum absolute atomic E-state index is 5.33. The molecule has 0 spiro atoms. The van der Waals surface area contributed by atoms with Crippen LogP contribution in [-0.2, 0) is 13.1 Å². The van der Waals surface area contributed by atoms with E-state index in [9.17, 15) is 0 Å². The summed E-state index contributed by atoms with van der Waals surface area (Å²) in [6, 6.07) is 16.1. The van der Waals surface area contributed by atoms with Crippen LogP contribution in [0.4, 0.5) is 11.6 Å². The van der Waals surface area contributed by atoms with Gasteiger partial charge in [0.15, 0.2) is 0 Å². The van der Waals surface area contributed by atoms with Gasteiger partial charge in [-0.2, -0.15) is 0 Å². The lowest BCUT2D eigenvalue weighted by Crippen LogP contribution is -2.18. The maximum Gasteiger partial charge on any atom is 0.134 e. The Morgan fingerprint density at radius 2 is 1.91 bits per heavy atom. The summed E-state index contributed by atoms with van der Waals surface area (Å²) < 4.78 is 5.33. The molecular weight excluding hydrogens is 288 g/mol. The number of rotatable bonds is 6. The third-order valence-corrected chi connectivity index (χ3v) is 3.50. The third kappa shape index (κ3) is 4.10. The number of nitrogens with one attached hydrogen (secondary N) is 1. The minimum Gasteiger partial charge on any atom is -0.467 e. The van der Waals surface area contributed by atoms with Gasteiger partial charge in [0.1, 0.15) is 23.2 Å². The number of nitrogens with zero attached hydrogens (tertiary/aromatic N) is 3. The Bertz CT molecular complexity index is 741. The lowest BCUT2D eigenvalue weighted by atomic mass is 10.2. The standard InChI is InChI=1S/C18H20N4O/c1-14-20-17(19-12-16-9-6-10-23-16)11-18(21-14)22(2)13-15-7-4-3-5-8-15/h3-11H,12-13H2,1-2H3,(H,19,20,21). The van der Waals surface area contributed by atoms with Gasteiger partial charge in [0.25, 0.3) is 0 Å². The maximum atomic E-state index is 5.33. The molecule has 0 saturated heterocycles. The molecule has 2 heterocycles. The van der Waals surface area contributed by atoms with Crippen LogP contribution in [0.1, 0.15) is 17.1 Å². The molecule has 5 nitrogen and oxygen atoms in total. The number of hydrogen-bond acceptors (Lipinski definition) is 5. The molecule has 0 aliphatic carbocycles. The Hall–Kier alpha value is -2.82. The van der Waals surface area contributed by atoms with Crippen molar-refractivity contribution in [3.8, 4) is 0 Å². The smallest absolute Gasteiger partial charge is 0.134 e. The summed E-state index contributed by atoms with van der Waals surface area (Å²) in [5, 5.41) is 3.28. The molecule has 2 aromatic heterocycles. The third-order valence-electron chi connectivity index (χ3n) is 3.50. The fraction of sp³-hybridized carbons (Fsp3) is 0.222. The minimum atomic E-state index is 0.602. The molecule has 0 bridgehead atoms. The minimum absolute atomic E-state index is 0.602. The first kappa shape index (κ1) is 15.1. The second-order valence-electron chi connectivity index (χ2n) is 5.43. The molecule has 3 aromatic rings. The highest BCUT2D eigenvalue weighted by atomic mass is 16.3. The van der Waals surface area contributed by atoms with Gasteiger partial charge in [0, 0.05) is 19.7 Å². The van der Waals surface area contributed by atoms with Crippen molar-refractivity contribution in [3.63, 3.8) is 0 Å². The number of hydrogen-bond donors (Lipinski definition) is 1. The van der Waals surface area contributed by atoms with Crippen molar-refractivity contribution in [2.45, 2.75) is 20.0 Å². The Kier molecular flexibility index (Phi) is 4.57. The molecule has 0 aliphatic rings. The highest BCUT2D eigenvalue weighted by Gasteiger charge is 2.08. The first-order valence-corrected chi connectivity index (χ1v) is 7.58. The molecule has 1 aromatic carbocycles. The molecule has 0 saturated carbocycles. The Balaban J connectivity index is 1.71. The second-order valence-corrected chi connectivity index (χ2v) is 5.43. The van der Waals surface area contributed by atoms with Gasteiger partial charge >= 0.3 is 0 Å². The predicted molar refractivity (Wildman–Crippen MR) is 91.4 cm³/mol. The molecule has 5 heteroatoms. The summed E-state index contributed by atoms with van der Waals surface area (Å²) in [6.07, 6.45) is 1.67. The fourth-order valence-corrected chi connectivity index (χ4v) is 2.37. The topological polar surface area (TPSA) is 54.2 Å². The predicted octanol–water partition coefficient (Wildman–Crippen LogP) is 3.63. The average Bonchev–Trinajstić information content (AvgIpc) is 3.07. The van der Waals surface area contributed by atoms with E-state index in [4.69, 9.17) is 4.42 Å². The molecule has 23 heavy (non-hydrogen) atoms. The number of aromatic nitrogens is 2. The van der Waals surface area contributed by atoms with E-state index in [1.807, 2.05) is 50.4 Å². The van der Waals surface area contributed by atoms with Crippen LogP contribution >= 0.6 is 0 Å². The molecule has 0 aliphatic heterocycles. The van der Waals surface area contributed by atoms with Gasteiger partial charge in [-0.25, -0.2) is 9.97 Å². The summed E-state index contributed by atoms with van der Waals surface area (Å²) in [4.78, 5) is 11.1. The van der Waals surface area contributed by atoms with E-state index in [1.54, 1.807) is 6.26 Å². The van der Waals surface area contributed by atoms with Crippen LogP contribution < -0.4 is 10.2 Å². The van der Waals surface area contributed by atoms with Crippen molar-refractivity contribution in [3.05, 3.63) is 71.9 Å². The van der Waals surface area contributed by atoms with Crippen LogP contribution in [0.25, 0.3) is 0 Å². The van der Waals surface area contributed by atoms with Crippen LogP contribution in [0.3, 0.4) is 0 Å². The molecule has 1 N–H and O–H groups in total. The van der Waals surface area contributed by atoms with Crippen LogP contribution in [0.15, 0.2) is 59.2 Å². The van der Waals surface area contributed by atoms with Gasteiger partial charge in [-0.15, -0.1) is 0 Å². The highest BCUT2D eigenvalue weighted by molar-refractivity contribution is 5.49. The Morgan fingerprint density at radius 3 is 2.65 bits per heavy atom. The molecule has 0 unspecified atom stereocenters. The van der Waals surface area contributed by atoms with Crippen LogP contribution in [0, 0.1) is 6.92 Å². The van der Waals surface area contributed by atoms with E-state index in [-0.39, 0.29) is 0 Å². The number of aryl methyl sites for hydroxylation is 1. The zero-order valence-electron chi connectivity index (χ0n) is 13.4. The van der Waals surface area contributed by atoms with Gasteiger partial charge < -0.3 is 14.6 Å². The molecule has 0 atom stereocenters. The number of furan rings is 1. The molecule has 0 radical (unpaired) electrons. The lowest BCUT2D eigenvalue weighted by Gasteiger charge is -2.19. The largest absolute Gasteiger partial charge is 0.467 e. The summed E-state index contributed by atoms with van der Waals surface area (Å²) in [7, 11) is 2.03. The van der Waals surface area contributed by atoms with Crippen molar-refractivity contribution in [1.29, 1.82) is 0 Å².